The van der Waals surface area contributed by atoms with Crippen LogP contribution >= 0.6 is 0 Å². The van der Waals surface area contributed by atoms with Crippen molar-refractivity contribution in [3.05, 3.63) is 41.8 Å². The van der Waals surface area contributed by atoms with Crippen molar-refractivity contribution < 1.29 is 9.53 Å². The summed E-state index contributed by atoms with van der Waals surface area (Å²) in [6.45, 7) is 8.50. The number of carbonyl (C=O) groups is 1. The molecule has 2 rings (SSSR count). The van der Waals surface area contributed by atoms with Crippen LogP contribution in [0.2, 0.25) is 0 Å². The second kappa shape index (κ2) is 5.51. The number of rotatable bonds is 3. The summed E-state index contributed by atoms with van der Waals surface area (Å²) in [7, 11) is 0. The molecule has 2 nitrogen and oxygen atoms in total. The van der Waals surface area contributed by atoms with Crippen molar-refractivity contribution in [2.45, 2.75) is 59.0 Å². The molecule has 0 saturated heterocycles. The quantitative estimate of drug-likeness (QED) is 0.585. The Morgan fingerprint density at radius 3 is 2.50 bits per heavy atom. The lowest BCUT2D eigenvalue weighted by atomic mass is 9.88. The highest BCUT2D eigenvalue weighted by Gasteiger charge is 2.32. The Labute approximate surface area is 122 Å². The molecule has 1 aliphatic rings. The molecule has 0 aliphatic heterocycles. The zero-order valence-electron chi connectivity index (χ0n) is 13.0. The Hall–Kier alpha value is -1.44. The molecule has 0 amide bonds. The summed E-state index contributed by atoms with van der Waals surface area (Å²) in [6, 6.07) is 7.71. The van der Waals surface area contributed by atoms with Crippen molar-refractivity contribution in [1.29, 1.82) is 0 Å². The normalized spacial score (nSPS) is 17.8. The van der Waals surface area contributed by atoms with Crippen LogP contribution in [0.15, 0.2) is 24.3 Å². The summed E-state index contributed by atoms with van der Waals surface area (Å²) in [6.07, 6.45) is 6.43. The summed E-state index contributed by atoms with van der Waals surface area (Å²) < 4.78 is 5.72. The van der Waals surface area contributed by atoms with Crippen LogP contribution in [0.5, 0.6) is 0 Å². The van der Waals surface area contributed by atoms with Gasteiger partial charge in [0.05, 0.1) is 0 Å². The fraction of sp³-hybridized carbons (Fsp3) is 0.556. The molecule has 0 radical (unpaired) electrons. The maximum Gasteiger partial charge on any atom is 0.326 e. The predicted molar refractivity (Wildman–Crippen MR) is 81.6 cm³/mol. The van der Waals surface area contributed by atoms with Gasteiger partial charge in [-0.2, -0.15) is 18.1 Å². The van der Waals surface area contributed by atoms with Crippen molar-refractivity contribution in [3.8, 4) is 0 Å². The van der Waals surface area contributed by atoms with Crippen molar-refractivity contribution in [2.24, 2.45) is 5.41 Å². The van der Waals surface area contributed by atoms with E-state index in [0.717, 1.165) is 31.2 Å². The Morgan fingerprint density at radius 2 is 1.90 bits per heavy atom. The molecule has 0 atom stereocenters. The van der Waals surface area contributed by atoms with E-state index in [-0.39, 0.29) is 17.0 Å². The van der Waals surface area contributed by atoms with Crippen LogP contribution in [0, 0.1) is 11.8 Å². The third-order valence-electron chi connectivity index (χ3n) is 3.72. The molecule has 20 heavy (non-hydrogen) atoms. The molecule has 0 bridgehead atoms. The summed E-state index contributed by atoms with van der Waals surface area (Å²) >= 11 is 0. The molecule has 0 heterocycles. The smallest absolute Gasteiger partial charge is 0.326 e. The fourth-order valence-electron chi connectivity index (χ4n) is 2.76. The van der Waals surface area contributed by atoms with E-state index < -0.39 is 0 Å². The maximum absolute atomic E-state index is 12.3. The van der Waals surface area contributed by atoms with Crippen LogP contribution < -0.4 is 0 Å². The average molecular weight is 273 g/mol. The van der Waals surface area contributed by atoms with Crippen LogP contribution in [-0.4, -0.2) is 11.6 Å². The van der Waals surface area contributed by atoms with E-state index in [0.29, 0.717) is 5.56 Å². The first kappa shape index (κ1) is 15.0. The molecule has 2 heteroatoms. The Kier molecular flexibility index (Phi) is 4.12. The Balaban J connectivity index is 2.08. The number of esters is 1. The molecule has 0 N–H and O–H groups in total. The summed E-state index contributed by atoms with van der Waals surface area (Å²) in [5.74, 6) is -0.196. The van der Waals surface area contributed by atoms with Crippen LogP contribution in [0.25, 0.3) is 0 Å². The van der Waals surface area contributed by atoms with Gasteiger partial charge in [0, 0.05) is 5.56 Å². The molecule has 1 aromatic rings. The Morgan fingerprint density at radius 1 is 1.25 bits per heavy atom. The van der Waals surface area contributed by atoms with E-state index in [1.807, 2.05) is 31.2 Å². The molecule has 1 aromatic carbocycles. The monoisotopic (exact) mass is 273 g/mol. The van der Waals surface area contributed by atoms with Crippen LogP contribution in [0.3, 0.4) is 0 Å². The first-order valence-corrected chi connectivity index (χ1v) is 7.47. The highest BCUT2D eigenvalue weighted by atomic mass is 16.6. The number of benzene rings is 1. The number of carbonyl (C=O) groups excluding carboxylic acids is 1. The van der Waals surface area contributed by atoms with Gasteiger partial charge in [0.15, 0.2) is 0 Å². The third kappa shape index (κ3) is 4.03. The Bertz CT molecular complexity index is 476. The van der Waals surface area contributed by atoms with Crippen LogP contribution in [-0.2, 0) is 4.74 Å². The minimum absolute atomic E-state index is 0.0972. The van der Waals surface area contributed by atoms with Gasteiger partial charge in [0.25, 0.3) is 0 Å². The van der Waals surface area contributed by atoms with Crippen LogP contribution in [0.1, 0.15) is 69.3 Å². The van der Waals surface area contributed by atoms with Gasteiger partial charge >= 0.3 is 5.97 Å². The molecular formula is C18H25O2-. The molecule has 1 saturated carbocycles. The first-order valence-electron chi connectivity index (χ1n) is 7.47. The highest BCUT2D eigenvalue weighted by molar-refractivity contribution is 5.90. The van der Waals surface area contributed by atoms with E-state index in [4.69, 9.17) is 4.74 Å². The minimum atomic E-state index is -0.263. The van der Waals surface area contributed by atoms with Crippen LogP contribution in [0.4, 0.5) is 0 Å². The highest BCUT2D eigenvalue weighted by Crippen LogP contribution is 2.33. The van der Waals surface area contributed by atoms with Crippen molar-refractivity contribution in [3.63, 3.8) is 0 Å². The zero-order valence-corrected chi connectivity index (χ0v) is 13.0. The minimum Gasteiger partial charge on any atom is -0.457 e. The lowest BCUT2D eigenvalue weighted by Crippen LogP contribution is -2.28. The standard InChI is InChI=1S/C18H25O2/c1-17(2,3)13-14-8-7-9-15(12-14)16(19)20-18(4)10-5-6-11-18/h7-9,12-13H,5-6,10-11H2,1-4H3/q-1. The molecule has 110 valence electrons. The van der Waals surface area contributed by atoms with Gasteiger partial charge in [-0.15, -0.1) is 12.1 Å². The second-order valence-corrected chi connectivity index (χ2v) is 7.18. The lowest BCUT2D eigenvalue weighted by molar-refractivity contribution is -0.00609. The van der Waals surface area contributed by atoms with E-state index in [1.54, 1.807) is 0 Å². The topological polar surface area (TPSA) is 26.3 Å². The largest absolute Gasteiger partial charge is 0.457 e. The maximum atomic E-state index is 12.3. The van der Waals surface area contributed by atoms with E-state index in [9.17, 15) is 4.79 Å². The van der Waals surface area contributed by atoms with Gasteiger partial charge in [-0.3, -0.25) is 0 Å². The van der Waals surface area contributed by atoms with Crippen molar-refractivity contribution >= 4 is 5.97 Å². The number of ether oxygens (including phenoxy) is 1. The lowest BCUT2D eigenvalue weighted by Gasteiger charge is -2.27. The first-order chi connectivity index (χ1) is 9.27. The zero-order chi connectivity index (χ0) is 14.8. The predicted octanol–water partition coefficient (Wildman–Crippen LogP) is 4.77. The molecule has 0 aromatic heterocycles. The van der Waals surface area contributed by atoms with Gasteiger partial charge in [-0.05, 0) is 32.6 Å². The fourth-order valence-corrected chi connectivity index (χ4v) is 2.76. The second-order valence-electron chi connectivity index (χ2n) is 7.18. The molecule has 0 spiro atoms. The van der Waals surface area contributed by atoms with Gasteiger partial charge in [-0.25, -0.2) is 4.79 Å². The third-order valence-corrected chi connectivity index (χ3v) is 3.72. The van der Waals surface area contributed by atoms with Crippen molar-refractivity contribution in [1.82, 2.24) is 0 Å². The van der Waals surface area contributed by atoms with Gasteiger partial charge in [-0.1, -0.05) is 32.3 Å². The number of hydrogen-bond acceptors (Lipinski definition) is 2. The van der Waals surface area contributed by atoms with E-state index >= 15 is 0 Å². The van der Waals surface area contributed by atoms with Crippen molar-refractivity contribution in [2.75, 3.05) is 0 Å². The van der Waals surface area contributed by atoms with E-state index in [1.165, 1.54) is 0 Å². The average Bonchev–Trinajstić information content (AvgIpc) is 2.74. The molecule has 0 unspecified atom stereocenters. The molecular weight excluding hydrogens is 248 g/mol. The van der Waals surface area contributed by atoms with Gasteiger partial charge in [0.1, 0.15) is 5.60 Å². The summed E-state index contributed by atoms with van der Waals surface area (Å²) in [5.41, 5.74) is 1.56. The van der Waals surface area contributed by atoms with Gasteiger partial charge in [0.2, 0.25) is 0 Å². The van der Waals surface area contributed by atoms with Gasteiger partial charge < -0.3 is 4.74 Å². The molecule has 1 aliphatic carbocycles. The summed E-state index contributed by atoms with van der Waals surface area (Å²) in [4.78, 5) is 12.3. The number of hydrogen-bond donors (Lipinski definition) is 0. The molecule has 1 fully saturated rings. The summed E-state index contributed by atoms with van der Waals surface area (Å²) in [5, 5.41) is 0. The van der Waals surface area contributed by atoms with E-state index in [2.05, 4.69) is 27.2 Å². The SMILES string of the molecule is CC(C)(C)[CH-]c1cccc(C(=O)OC2(C)CCCC2)c1.